The molecule has 0 atom stereocenters. The average molecular weight is 277 g/mol. The minimum atomic E-state index is -0.315. The molecule has 0 amide bonds. The van der Waals surface area contributed by atoms with E-state index in [1.807, 2.05) is 17.3 Å². The van der Waals surface area contributed by atoms with Gasteiger partial charge in [0.05, 0.1) is 0 Å². The second-order valence-electron chi connectivity index (χ2n) is 4.52. The quantitative estimate of drug-likeness (QED) is 0.652. The molecule has 0 radical (unpaired) electrons. The summed E-state index contributed by atoms with van der Waals surface area (Å²) in [5.74, 6) is -0.429. The molecule has 0 bridgehead atoms. The molecule has 0 spiro atoms. The van der Waals surface area contributed by atoms with Crippen molar-refractivity contribution in [3.63, 3.8) is 0 Å². The SMILES string of the molecule is CN(Cc1ccsc1)Cc1ccc(C(=N)N)cc1F. The minimum absolute atomic E-state index is 0.114. The third kappa shape index (κ3) is 3.62. The summed E-state index contributed by atoms with van der Waals surface area (Å²) in [5, 5.41) is 11.4. The molecule has 1 heterocycles. The number of hydrogen-bond donors (Lipinski definition) is 2. The predicted molar refractivity (Wildman–Crippen MR) is 76.9 cm³/mol. The molecule has 3 nitrogen and oxygen atoms in total. The minimum Gasteiger partial charge on any atom is -0.384 e. The highest BCUT2D eigenvalue weighted by Gasteiger charge is 2.08. The second kappa shape index (κ2) is 5.95. The zero-order chi connectivity index (χ0) is 13.8. The van der Waals surface area contributed by atoms with Crippen LogP contribution >= 0.6 is 11.3 Å². The van der Waals surface area contributed by atoms with E-state index >= 15 is 0 Å². The normalized spacial score (nSPS) is 10.9. The van der Waals surface area contributed by atoms with Crippen LogP contribution in [-0.2, 0) is 13.1 Å². The lowest BCUT2D eigenvalue weighted by molar-refractivity contribution is 0.314. The van der Waals surface area contributed by atoms with Crippen molar-refractivity contribution in [2.24, 2.45) is 5.73 Å². The van der Waals surface area contributed by atoms with Crippen LogP contribution < -0.4 is 5.73 Å². The lowest BCUT2D eigenvalue weighted by atomic mass is 10.1. The fourth-order valence-electron chi connectivity index (χ4n) is 1.88. The van der Waals surface area contributed by atoms with E-state index < -0.39 is 0 Å². The first-order valence-electron chi connectivity index (χ1n) is 5.88. The van der Waals surface area contributed by atoms with Crippen LogP contribution in [0.3, 0.4) is 0 Å². The van der Waals surface area contributed by atoms with Gasteiger partial charge in [0.25, 0.3) is 0 Å². The second-order valence-corrected chi connectivity index (χ2v) is 5.30. The maximum atomic E-state index is 13.9. The fourth-order valence-corrected chi connectivity index (χ4v) is 2.54. The Morgan fingerprint density at radius 2 is 2.16 bits per heavy atom. The number of benzene rings is 1. The van der Waals surface area contributed by atoms with Gasteiger partial charge >= 0.3 is 0 Å². The number of nitrogen functional groups attached to an aromatic ring is 1. The van der Waals surface area contributed by atoms with Crippen molar-refractivity contribution in [1.29, 1.82) is 5.41 Å². The van der Waals surface area contributed by atoms with Crippen molar-refractivity contribution >= 4 is 17.2 Å². The maximum Gasteiger partial charge on any atom is 0.128 e. The number of nitrogens with one attached hydrogen (secondary N) is 1. The summed E-state index contributed by atoms with van der Waals surface area (Å²) in [6.07, 6.45) is 0. The van der Waals surface area contributed by atoms with E-state index in [0.717, 1.165) is 6.54 Å². The van der Waals surface area contributed by atoms with Crippen LogP contribution in [0.25, 0.3) is 0 Å². The Bertz CT molecular complexity index is 566. The number of nitrogens with two attached hydrogens (primary N) is 1. The molecule has 1 aromatic heterocycles. The van der Waals surface area contributed by atoms with Crippen molar-refractivity contribution in [1.82, 2.24) is 4.90 Å². The molecule has 0 fully saturated rings. The van der Waals surface area contributed by atoms with Crippen LogP contribution in [0.2, 0.25) is 0 Å². The van der Waals surface area contributed by atoms with Gasteiger partial charge in [-0.3, -0.25) is 10.3 Å². The molecule has 0 aliphatic rings. The first-order valence-corrected chi connectivity index (χ1v) is 6.83. The van der Waals surface area contributed by atoms with Gasteiger partial charge in [-0.2, -0.15) is 11.3 Å². The van der Waals surface area contributed by atoms with Crippen LogP contribution in [0.4, 0.5) is 4.39 Å². The van der Waals surface area contributed by atoms with Gasteiger partial charge in [-0.15, -0.1) is 0 Å². The average Bonchev–Trinajstić information content (AvgIpc) is 2.84. The third-order valence-electron chi connectivity index (χ3n) is 2.84. The molecular weight excluding hydrogens is 261 g/mol. The monoisotopic (exact) mass is 277 g/mol. The first-order chi connectivity index (χ1) is 9.06. The lowest BCUT2D eigenvalue weighted by Gasteiger charge is -2.16. The topological polar surface area (TPSA) is 53.1 Å². The zero-order valence-corrected chi connectivity index (χ0v) is 11.5. The predicted octanol–water partition coefficient (Wildman–Crippen LogP) is 2.80. The Balaban J connectivity index is 2.04. The third-order valence-corrected chi connectivity index (χ3v) is 3.57. The van der Waals surface area contributed by atoms with Gasteiger partial charge in [0.2, 0.25) is 0 Å². The highest BCUT2D eigenvalue weighted by atomic mass is 32.1. The summed E-state index contributed by atoms with van der Waals surface area (Å²) in [6, 6.07) is 6.75. The van der Waals surface area contributed by atoms with Crippen LogP contribution in [0, 0.1) is 11.2 Å². The van der Waals surface area contributed by atoms with Gasteiger partial charge in [-0.05, 0) is 35.5 Å². The fraction of sp³-hybridized carbons (Fsp3) is 0.214. The Morgan fingerprint density at radius 1 is 1.37 bits per heavy atom. The molecule has 2 rings (SSSR count). The molecule has 19 heavy (non-hydrogen) atoms. The zero-order valence-electron chi connectivity index (χ0n) is 10.7. The van der Waals surface area contributed by atoms with Crippen molar-refractivity contribution in [3.8, 4) is 0 Å². The molecule has 0 aliphatic heterocycles. The van der Waals surface area contributed by atoms with Crippen LogP contribution in [-0.4, -0.2) is 17.8 Å². The van der Waals surface area contributed by atoms with Gasteiger partial charge in [-0.1, -0.05) is 12.1 Å². The summed E-state index contributed by atoms with van der Waals surface area (Å²) in [6.45, 7) is 1.32. The molecule has 0 saturated heterocycles. The summed E-state index contributed by atoms with van der Waals surface area (Å²) < 4.78 is 13.9. The van der Waals surface area contributed by atoms with Gasteiger partial charge in [0, 0.05) is 24.2 Å². The van der Waals surface area contributed by atoms with Crippen molar-refractivity contribution in [2.45, 2.75) is 13.1 Å². The van der Waals surface area contributed by atoms with Crippen molar-refractivity contribution in [3.05, 3.63) is 57.5 Å². The van der Waals surface area contributed by atoms with E-state index in [2.05, 4.69) is 11.4 Å². The Morgan fingerprint density at radius 3 is 2.74 bits per heavy atom. The van der Waals surface area contributed by atoms with Crippen LogP contribution in [0.5, 0.6) is 0 Å². The number of nitrogens with zero attached hydrogens (tertiary/aromatic N) is 1. The van der Waals surface area contributed by atoms with E-state index in [4.69, 9.17) is 11.1 Å². The van der Waals surface area contributed by atoms with Gasteiger partial charge in [-0.25, -0.2) is 4.39 Å². The summed E-state index contributed by atoms with van der Waals surface area (Å²) >= 11 is 1.66. The van der Waals surface area contributed by atoms with Crippen molar-refractivity contribution < 1.29 is 4.39 Å². The summed E-state index contributed by atoms with van der Waals surface area (Å²) in [7, 11) is 1.95. The van der Waals surface area contributed by atoms with Crippen LogP contribution in [0.15, 0.2) is 35.0 Å². The highest BCUT2D eigenvalue weighted by Crippen LogP contribution is 2.14. The molecule has 100 valence electrons. The number of halogens is 1. The van der Waals surface area contributed by atoms with Crippen molar-refractivity contribution in [2.75, 3.05) is 7.05 Å². The number of thiophene rings is 1. The molecule has 0 saturated carbocycles. The van der Waals surface area contributed by atoms with E-state index in [1.165, 1.54) is 11.6 Å². The molecule has 5 heteroatoms. The first kappa shape index (κ1) is 13.7. The smallest absolute Gasteiger partial charge is 0.128 e. The van der Waals surface area contributed by atoms with Crippen LogP contribution in [0.1, 0.15) is 16.7 Å². The molecule has 3 N–H and O–H groups in total. The van der Waals surface area contributed by atoms with Gasteiger partial charge in [0.1, 0.15) is 11.7 Å². The Hall–Kier alpha value is -1.72. The Kier molecular flexibility index (Phi) is 4.29. The Labute approximate surface area is 116 Å². The highest BCUT2D eigenvalue weighted by molar-refractivity contribution is 7.07. The van der Waals surface area contributed by atoms with E-state index in [-0.39, 0.29) is 11.7 Å². The molecule has 0 aliphatic carbocycles. The number of rotatable bonds is 5. The summed E-state index contributed by atoms with van der Waals surface area (Å²) in [4.78, 5) is 2.05. The van der Waals surface area contributed by atoms with Gasteiger partial charge in [0.15, 0.2) is 0 Å². The number of hydrogen-bond acceptors (Lipinski definition) is 3. The maximum absolute atomic E-state index is 13.9. The largest absolute Gasteiger partial charge is 0.384 e. The number of amidine groups is 1. The molecule has 2 aromatic rings. The molecular formula is C14H16FN3S. The molecule has 0 unspecified atom stereocenters. The molecule has 1 aromatic carbocycles. The standard InChI is InChI=1S/C14H16FN3S/c1-18(7-10-4-5-19-9-10)8-12-3-2-11(14(16)17)6-13(12)15/h2-6,9H,7-8H2,1H3,(H3,16,17). The van der Waals surface area contributed by atoms with E-state index in [1.54, 1.807) is 23.5 Å². The summed E-state index contributed by atoms with van der Waals surface area (Å²) in [5.41, 5.74) is 7.59. The van der Waals surface area contributed by atoms with E-state index in [0.29, 0.717) is 17.7 Å². The van der Waals surface area contributed by atoms with Gasteiger partial charge < -0.3 is 5.73 Å². The lowest BCUT2D eigenvalue weighted by Crippen LogP contribution is -2.18. The van der Waals surface area contributed by atoms with E-state index in [9.17, 15) is 4.39 Å².